The van der Waals surface area contributed by atoms with E-state index in [1.165, 1.54) is 10.9 Å². The summed E-state index contributed by atoms with van der Waals surface area (Å²) < 4.78 is 0. The minimum atomic E-state index is 0. The zero-order valence-corrected chi connectivity index (χ0v) is 11.1. The molecule has 1 aromatic carbocycles. The normalized spacial score (nSPS) is 12.2. The molecule has 0 saturated heterocycles. The number of para-hydroxylation sites is 1. The molecule has 1 aromatic heterocycles. The Labute approximate surface area is 108 Å². The van der Waals surface area contributed by atoms with Gasteiger partial charge in [-0.1, -0.05) is 23.8 Å². The van der Waals surface area contributed by atoms with Gasteiger partial charge in [-0.15, -0.1) is 19.0 Å². The molecule has 0 aliphatic rings. The minimum absolute atomic E-state index is 0. The molecule has 0 aliphatic heterocycles. The molecule has 1 heterocycles. The number of hydrogen-bond acceptors (Lipinski definition) is 1. The van der Waals surface area contributed by atoms with E-state index >= 15 is 0 Å². The van der Waals surface area contributed by atoms with Crippen LogP contribution in [0.15, 0.2) is 36.4 Å². The zero-order chi connectivity index (χ0) is 11.7. The first kappa shape index (κ1) is 13.8. The van der Waals surface area contributed by atoms with Crippen LogP contribution in [0.2, 0.25) is 0 Å². The Morgan fingerprint density at radius 1 is 1.41 bits per heavy atom. The molecule has 3 N–H and O–H groups in total. The molecule has 92 valence electrons. The van der Waals surface area contributed by atoms with Crippen molar-refractivity contribution in [1.29, 1.82) is 0 Å². The Hall–Kier alpha value is -1.25. The molecule has 0 aliphatic carbocycles. The van der Waals surface area contributed by atoms with Gasteiger partial charge in [0.1, 0.15) is 0 Å². The van der Waals surface area contributed by atoms with E-state index in [1.54, 1.807) is 0 Å². The quantitative estimate of drug-likeness (QED) is 0.798. The second-order valence-corrected chi connectivity index (χ2v) is 4.48. The number of nitrogens with one attached hydrogen (secondary N) is 1. The van der Waals surface area contributed by atoms with Crippen molar-refractivity contribution in [3.05, 3.63) is 47.7 Å². The number of fused-ring (bicyclic) bond motifs is 1. The van der Waals surface area contributed by atoms with E-state index in [9.17, 15) is 0 Å². The van der Waals surface area contributed by atoms with Crippen LogP contribution < -0.4 is 5.73 Å². The standard InChI is InChI=1S/C14H18N2.ClH/c1-9(2)8-12(15)14-10(3)16-13-7-5-4-6-11(13)14;/h4-7,12,16H,1,8,15H2,2-3H3;1H/t12-;/m1./s1. The van der Waals surface area contributed by atoms with E-state index < -0.39 is 0 Å². The molecule has 2 rings (SSSR count). The van der Waals surface area contributed by atoms with Crippen LogP contribution in [0.5, 0.6) is 0 Å². The molecular formula is C14H19ClN2. The van der Waals surface area contributed by atoms with Crippen molar-refractivity contribution in [1.82, 2.24) is 4.98 Å². The molecule has 0 saturated carbocycles. The molecule has 0 amide bonds. The maximum atomic E-state index is 6.23. The van der Waals surface area contributed by atoms with Gasteiger partial charge in [0, 0.05) is 22.6 Å². The molecule has 0 bridgehead atoms. The molecule has 0 radical (unpaired) electrons. The Kier molecular flexibility index (Phi) is 4.38. The summed E-state index contributed by atoms with van der Waals surface area (Å²) in [6, 6.07) is 8.32. The van der Waals surface area contributed by atoms with Crippen LogP contribution in [0.4, 0.5) is 0 Å². The number of aryl methyl sites for hydroxylation is 1. The van der Waals surface area contributed by atoms with Gasteiger partial charge in [0.15, 0.2) is 0 Å². The topological polar surface area (TPSA) is 41.8 Å². The molecule has 0 unspecified atom stereocenters. The summed E-state index contributed by atoms with van der Waals surface area (Å²) in [5, 5.41) is 1.23. The lowest BCUT2D eigenvalue weighted by molar-refractivity contribution is 0.717. The summed E-state index contributed by atoms with van der Waals surface area (Å²) in [6.07, 6.45) is 0.836. The lowest BCUT2D eigenvalue weighted by Gasteiger charge is -2.12. The van der Waals surface area contributed by atoms with E-state index in [0.717, 1.165) is 23.2 Å². The van der Waals surface area contributed by atoms with Crippen LogP contribution in [0.1, 0.15) is 30.6 Å². The lowest BCUT2D eigenvalue weighted by atomic mass is 9.98. The van der Waals surface area contributed by atoms with Crippen molar-refractivity contribution in [2.24, 2.45) is 5.73 Å². The number of H-pyrrole nitrogens is 1. The first-order valence-corrected chi connectivity index (χ1v) is 5.56. The van der Waals surface area contributed by atoms with Gasteiger partial charge in [-0.25, -0.2) is 0 Å². The maximum absolute atomic E-state index is 6.23. The van der Waals surface area contributed by atoms with Crippen molar-refractivity contribution in [3.63, 3.8) is 0 Å². The van der Waals surface area contributed by atoms with Crippen LogP contribution >= 0.6 is 12.4 Å². The first-order valence-electron chi connectivity index (χ1n) is 5.56. The second-order valence-electron chi connectivity index (χ2n) is 4.48. The zero-order valence-electron chi connectivity index (χ0n) is 10.3. The maximum Gasteiger partial charge on any atom is 0.0459 e. The smallest absolute Gasteiger partial charge is 0.0459 e. The van der Waals surface area contributed by atoms with Crippen LogP contribution in [-0.2, 0) is 0 Å². The molecular weight excluding hydrogens is 232 g/mol. The van der Waals surface area contributed by atoms with Gasteiger partial charge in [-0.2, -0.15) is 0 Å². The van der Waals surface area contributed by atoms with Gasteiger partial charge in [0.2, 0.25) is 0 Å². The number of aromatic nitrogens is 1. The SMILES string of the molecule is C=C(C)C[C@@H](N)c1c(C)[nH]c2ccccc12.Cl. The minimum Gasteiger partial charge on any atom is -0.358 e. The fourth-order valence-corrected chi connectivity index (χ4v) is 2.25. The van der Waals surface area contributed by atoms with E-state index in [4.69, 9.17) is 5.73 Å². The van der Waals surface area contributed by atoms with Gasteiger partial charge in [0.25, 0.3) is 0 Å². The Bertz CT molecular complexity index is 528. The lowest BCUT2D eigenvalue weighted by Crippen LogP contribution is -2.11. The molecule has 17 heavy (non-hydrogen) atoms. The predicted molar refractivity (Wildman–Crippen MR) is 76.6 cm³/mol. The molecule has 1 atom stereocenters. The largest absolute Gasteiger partial charge is 0.358 e. The van der Waals surface area contributed by atoms with Crippen molar-refractivity contribution < 1.29 is 0 Å². The number of rotatable bonds is 3. The van der Waals surface area contributed by atoms with Gasteiger partial charge in [-0.3, -0.25) is 0 Å². The monoisotopic (exact) mass is 250 g/mol. The van der Waals surface area contributed by atoms with E-state index in [2.05, 4.69) is 30.6 Å². The average molecular weight is 251 g/mol. The van der Waals surface area contributed by atoms with Gasteiger partial charge < -0.3 is 10.7 Å². The fourth-order valence-electron chi connectivity index (χ4n) is 2.25. The number of halogens is 1. The summed E-state index contributed by atoms with van der Waals surface area (Å²) in [6.45, 7) is 8.02. The fraction of sp³-hybridized carbons (Fsp3) is 0.286. The highest BCUT2D eigenvalue weighted by molar-refractivity contribution is 5.85. The van der Waals surface area contributed by atoms with E-state index in [0.29, 0.717) is 0 Å². The number of hydrogen-bond donors (Lipinski definition) is 2. The summed E-state index contributed by atoms with van der Waals surface area (Å²) in [7, 11) is 0. The van der Waals surface area contributed by atoms with E-state index in [-0.39, 0.29) is 18.4 Å². The van der Waals surface area contributed by atoms with Crippen molar-refractivity contribution >= 4 is 23.3 Å². The molecule has 3 heteroatoms. The third-order valence-electron chi connectivity index (χ3n) is 2.88. The van der Waals surface area contributed by atoms with Crippen LogP contribution in [0.25, 0.3) is 10.9 Å². The summed E-state index contributed by atoms with van der Waals surface area (Å²) in [5.41, 5.74) is 10.9. The number of benzene rings is 1. The highest BCUT2D eigenvalue weighted by atomic mass is 35.5. The van der Waals surface area contributed by atoms with Crippen LogP contribution in [-0.4, -0.2) is 4.98 Å². The number of aromatic amines is 1. The average Bonchev–Trinajstić information content (AvgIpc) is 2.52. The van der Waals surface area contributed by atoms with Gasteiger partial charge >= 0.3 is 0 Å². The Morgan fingerprint density at radius 3 is 2.71 bits per heavy atom. The Balaban J connectivity index is 0.00000144. The molecule has 2 nitrogen and oxygen atoms in total. The van der Waals surface area contributed by atoms with Crippen LogP contribution in [0, 0.1) is 6.92 Å². The van der Waals surface area contributed by atoms with E-state index in [1.807, 2.05) is 19.1 Å². The first-order chi connectivity index (χ1) is 7.59. The van der Waals surface area contributed by atoms with Crippen molar-refractivity contribution in [2.45, 2.75) is 26.3 Å². The molecule has 0 fully saturated rings. The number of nitrogens with two attached hydrogens (primary N) is 1. The highest BCUT2D eigenvalue weighted by Crippen LogP contribution is 2.29. The Morgan fingerprint density at radius 2 is 2.06 bits per heavy atom. The second kappa shape index (κ2) is 5.39. The van der Waals surface area contributed by atoms with Crippen molar-refractivity contribution in [3.8, 4) is 0 Å². The van der Waals surface area contributed by atoms with Gasteiger partial charge in [-0.05, 0) is 31.9 Å². The molecule has 0 spiro atoms. The highest BCUT2D eigenvalue weighted by Gasteiger charge is 2.14. The van der Waals surface area contributed by atoms with Crippen molar-refractivity contribution in [2.75, 3.05) is 0 Å². The summed E-state index contributed by atoms with van der Waals surface area (Å²) >= 11 is 0. The van der Waals surface area contributed by atoms with Gasteiger partial charge in [0.05, 0.1) is 0 Å². The molecule has 2 aromatic rings. The third kappa shape index (κ3) is 2.71. The summed E-state index contributed by atoms with van der Waals surface area (Å²) in [4.78, 5) is 3.37. The predicted octanol–water partition coefficient (Wildman–Crippen LogP) is 3.86. The van der Waals surface area contributed by atoms with Crippen LogP contribution in [0.3, 0.4) is 0 Å². The summed E-state index contributed by atoms with van der Waals surface area (Å²) in [5.74, 6) is 0. The third-order valence-corrected chi connectivity index (χ3v) is 2.88.